The average molecular weight is 263 g/mol. The molecule has 0 rings (SSSR count). The van der Waals surface area contributed by atoms with Crippen LogP contribution in [-0.2, 0) is 0 Å². The quantitative estimate of drug-likeness (QED) is 0.576. The Morgan fingerprint density at radius 1 is 0.700 bits per heavy atom. The maximum absolute atomic E-state index is 4.96. The maximum Gasteiger partial charge on any atom is 0.118 e. The molecule has 0 nitrogen and oxygen atoms in total. The molecule has 0 bridgehead atoms. The van der Waals surface area contributed by atoms with Crippen LogP contribution in [0.25, 0.3) is 0 Å². The summed E-state index contributed by atoms with van der Waals surface area (Å²) in [7, 11) is 0. The van der Waals surface area contributed by atoms with Crippen LogP contribution >= 0.6 is 69.6 Å². The van der Waals surface area contributed by atoms with Crippen LogP contribution in [0.4, 0.5) is 0 Å². The predicted octanol–water partition coefficient (Wildman–Crippen LogP) is 5.00. The first-order valence-corrected chi connectivity index (χ1v) is 4.15. The normalized spacial score (nSPS) is 7.00. The van der Waals surface area contributed by atoms with Gasteiger partial charge in [-0.2, -0.15) is 0 Å². The lowest BCUT2D eigenvalue weighted by Gasteiger charge is -1.64. The number of hydrogen-bond acceptors (Lipinski definition) is 0. The molecule has 0 saturated carbocycles. The third kappa shape index (κ3) is 22.9. The minimum atomic E-state index is 0.0895. The molecule has 0 atom stereocenters. The minimum absolute atomic E-state index is 0.0895. The maximum atomic E-state index is 4.96. The summed E-state index contributed by atoms with van der Waals surface area (Å²) in [5.41, 5.74) is 2.17. The number of rotatable bonds is 0. The summed E-state index contributed by atoms with van der Waals surface area (Å²) in [5, 5.41) is 0. The van der Waals surface area contributed by atoms with Crippen LogP contribution in [0.5, 0.6) is 0 Å². The second kappa shape index (κ2) is 10.2. The summed E-state index contributed by atoms with van der Waals surface area (Å²) in [6.07, 6.45) is 0. The fourth-order valence-electron chi connectivity index (χ4n) is 0. The summed E-state index contributed by atoms with van der Waals surface area (Å²) in [4.78, 5) is 0. The van der Waals surface area contributed by atoms with Gasteiger partial charge in [-0.25, -0.2) is 0 Å². The van der Waals surface area contributed by atoms with E-state index in [2.05, 4.69) is 0 Å². The molecule has 0 N–H and O–H groups in total. The van der Waals surface area contributed by atoms with Gasteiger partial charge in [0.2, 0.25) is 0 Å². The molecule has 0 aromatic heterocycles. The molecule has 10 heavy (non-hydrogen) atoms. The highest BCUT2D eigenvalue weighted by molar-refractivity contribution is 6.58. The standard InChI is InChI=1S/2C2HCl3/c2*3-1-2(4)5/h2*1H. The van der Waals surface area contributed by atoms with Crippen LogP contribution < -0.4 is 0 Å². The van der Waals surface area contributed by atoms with E-state index in [1.165, 1.54) is 0 Å². The van der Waals surface area contributed by atoms with Crippen molar-refractivity contribution in [2.24, 2.45) is 0 Å². The molecule has 0 saturated heterocycles. The van der Waals surface area contributed by atoms with Crippen molar-refractivity contribution in [3.8, 4) is 0 Å². The van der Waals surface area contributed by atoms with Crippen molar-refractivity contribution in [3.05, 3.63) is 20.1 Å². The Morgan fingerprint density at radius 3 is 0.800 bits per heavy atom. The second-order valence-electron chi connectivity index (χ2n) is 0.798. The van der Waals surface area contributed by atoms with Gasteiger partial charge in [0.1, 0.15) is 8.98 Å². The van der Waals surface area contributed by atoms with Gasteiger partial charge >= 0.3 is 0 Å². The van der Waals surface area contributed by atoms with E-state index < -0.39 is 0 Å². The van der Waals surface area contributed by atoms with Gasteiger partial charge in [0.15, 0.2) is 0 Å². The van der Waals surface area contributed by atoms with Gasteiger partial charge in [0, 0.05) is 11.1 Å². The highest BCUT2D eigenvalue weighted by Gasteiger charge is 1.71. The van der Waals surface area contributed by atoms with Crippen LogP contribution in [0.1, 0.15) is 0 Å². The lowest BCUT2D eigenvalue weighted by Crippen LogP contribution is -1.33. The summed E-state index contributed by atoms with van der Waals surface area (Å²) >= 11 is 29.6. The summed E-state index contributed by atoms with van der Waals surface area (Å²) in [6, 6.07) is 0. The largest absolute Gasteiger partial charge is 0.118 e. The molecule has 0 radical (unpaired) electrons. The predicted molar refractivity (Wildman–Crippen MR) is 51.3 cm³/mol. The Morgan fingerprint density at radius 2 is 0.800 bits per heavy atom. The Balaban J connectivity index is 0. The van der Waals surface area contributed by atoms with Crippen molar-refractivity contribution < 1.29 is 0 Å². The zero-order chi connectivity index (χ0) is 8.57. The molecule has 0 aliphatic rings. The van der Waals surface area contributed by atoms with Gasteiger partial charge in [-0.15, -0.1) is 0 Å². The van der Waals surface area contributed by atoms with Crippen LogP contribution in [-0.4, -0.2) is 0 Å². The van der Waals surface area contributed by atoms with E-state index >= 15 is 0 Å². The van der Waals surface area contributed by atoms with Gasteiger partial charge in [-0.3, -0.25) is 0 Å². The Kier molecular flexibility index (Phi) is 14.1. The van der Waals surface area contributed by atoms with Gasteiger partial charge in [-0.05, 0) is 0 Å². The average Bonchev–Trinajstić information content (AvgIpc) is 1.89. The molecule has 6 heteroatoms. The van der Waals surface area contributed by atoms with Gasteiger partial charge in [-0.1, -0.05) is 69.6 Å². The molecule has 0 heterocycles. The SMILES string of the molecule is ClC=C(Cl)Cl.ClC=C(Cl)Cl. The van der Waals surface area contributed by atoms with Crippen LogP contribution in [0.2, 0.25) is 0 Å². The lowest BCUT2D eigenvalue weighted by molar-refractivity contribution is 2.36. The van der Waals surface area contributed by atoms with E-state index in [0.717, 1.165) is 11.1 Å². The molecular formula is C4H2Cl6. The molecule has 0 aliphatic carbocycles. The number of hydrogen-bond donors (Lipinski definition) is 0. The van der Waals surface area contributed by atoms with Crippen molar-refractivity contribution >= 4 is 69.6 Å². The fraction of sp³-hybridized carbons (Fsp3) is 0. The van der Waals surface area contributed by atoms with Crippen molar-refractivity contribution in [1.82, 2.24) is 0 Å². The molecule has 0 aromatic carbocycles. The zero-order valence-electron chi connectivity index (χ0n) is 4.42. The topological polar surface area (TPSA) is 0 Å². The summed E-state index contributed by atoms with van der Waals surface area (Å²) in [6.45, 7) is 0. The van der Waals surface area contributed by atoms with Crippen molar-refractivity contribution in [3.63, 3.8) is 0 Å². The van der Waals surface area contributed by atoms with Crippen LogP contribution in [0, 0.1) is 0 Å². The summed E-state index contributed by atoms with van der Waals surface area (Å²) < 4.78 is 0.179. The van der Waals surface area contributed by atoms with Gasteiger partial charge < -0.3 is 0 Å². The third-order valence-corrected chi connectivity index (χ3v) is 1.48. The van der Waals surface area contributed by atoms with Crippen molar-refractivity contribution in [1.29, 1.82) is 0 Å². The van der Waals surface area contributed by atoms with E-state index in [1.807, 2.05) is 0 Å². The molecule has 0 aliphatic heterocycles. The van der Waals surface area contributed by atoms with Crippen LogP contribution in [0.3, 0.4) is 0 Å². The van der Waals surface area contributed by atoms with Crippen LogP contribution in [0.15, 0.2) is 20.1 Å². The van der Waals surface area contributed by atoms with E-state index in [-0.39, 0.29) is 8.98 Å². The molecule has 0 aromatic rings. The third-order valence-electron chi connectivity index (χ3n) is 0.165. The van der Waals surface area contributed by atoms with Gasteiger partial charge in [0.25, 0.3) is 0 Å². The summed E-state index contributed by atoms with van der Waals surface area (Å²) in [5.74, 6) is 0. The zero-order valence-corrected chi connectivity index (χ0v) is 8.96. The Hall–Kier alpha value is 1.22. The molecule has 0 spiro atoms. The van der Waals surface area contributed by atoms with E-state index in [1.54, 1.807) is 0 Å². The number of halogens is 6. The first kappa shape index (κ1) is 13.8. The molecule has 0 fully saturated rings. The minimum Gasteiger partial charge on any atom is -0.0904 e. The lowest BCUT2D eigenvalue weighted by atomic mass is 11.2. The van der Waals surface area contributed by atoms with Crippen molar-refractivity contribution in [2.45, 2.75) is 0 Å². The van der Waals surface area contributed by atoms with E-state index in [0.29, 0.717) is 0 Å². The molecule has 0 unspecified atom stereocenters. The monoisotopic (exact) mass is 260 g/mol. The van der Waals surface area contributed by atoms with Crippen molar-refractivity contribution in [2.75, 3.05) is 0 Å². The first-order chi connectivity index (χ1) is 4.54. The molecular weight excluding hydrogens is 261 g/mol. The van der Waals surface area contributed by atoms with E-state index in [9.17, 15) is 0 Å². The first-order valence-electron chi connectivity index (χ1n) is 1.77. The smallest absolute Gasteiger partial charge is 0.0904 e. The van der Waals surface area contributed by atoms with Gasteiger partial charge in [0.05, 0.1) is 0 Å². The molecule has 60 valence electrons. The second-order valence-corrected chi connectivity index (χ2v) is 3.25. The molecule has 0 amide bonds. The Bertz CT molecular complexity index is 102. The van der Waals surface area contributed by atoms with E-state index in [4.69, 9.17) is 69.6 Å². The fourth-order valence-corrected chi connectivity index (χ4v) is 0. The highest BCUT2D eigenvalue weighted by atomic mass is 35.5. The Labute approximate surface area is 89.3 Å². The highest BCUT2D eigenvalue weighted by Crippen LogP contribution is 2.06.